The van der Waals surface area contributed by atoms with E-state index >= 15 is 0 Å². The first-order valence-electron chi connectivity index (χ1n) is 6.59. The van der Waals surface area contributed by atoms with Crippen LogP contribution in [0.25, 0.3) is 6.08 Å². The highest BCUT2D eigenvalue weighted by atomic mass is 16.5. The third kappa shape index (κ3) is 4.24. The van der Waals surface area contributed by atoms with Crippen LogP contribution in [0.3, 0.4) is 0 Å². The third-order valence-electron chi connectivity index (χ3n) is 3.13. The highest BCUT2D eigenvalue weighted by molar-refractivity contribution is 5.85. The molecule has 1 unspecified atom stereocenters. The number of aromatic nitrogens is 1. The van der Waals surface area contributed by atoms with E-state index in [1.54, 1.807) is 22.9 Å². The fourth-order valence-electron chi connectivity index (χ4n) is 2.12. The molecule has 1 aromatic rings. The molecule has 2 heterocycles. The number of carboxylic acid groups (broad SMARTS) is 1. The molecular formula is C14H18N2O4. The first-order valence-corrected chi connectivity index (χ1v) is 6.59. The van der Waals surface area contributed by atoms with E-state index in [1.807, 2.05) is 0 Å². The minimum Gasteiger partial charge on any atom is -0.478 e. The summed E-state index contributed by atoms with van der Waals surface area (Å²) < 4.78 is 7.13. The Morgan fingerprint density at radius 1 is 1.55 bits per heavy atom. The monoisotopic (exact) mass is 278 g/mol. The number of rotatable bonds is 6. The predicted octanol–water partition coefficient (Wildman–Crippen LogP) is 0.881. The van der Waals surface area contributed by atoms with Gasteiger partial charge in [-0.25, -0.2) is 4.79 Å². The van der Waals surface area contributed by atoms with E-state index in [1.165, 1.54) is 6.08 Å². The van der Waals surface area contributed by atoms with Crippen molar-refractivity contribution in [1.29, 1.82) is 0 Å². The molecule has 1 amide bonds. The van der Waals surface area contributed by atoms with Crippen LogP contribution in [0.15, 0.2) is 24.4 Å². The largest absolute Gasteiger partial charge is 0.478 e. The normalized spacial score (nSPS) is 18.5. The fourth-order valence-corrected chi connectivity index (χ4v) is 2.12. The number of nitrogens with zero attached hydrogens (tertiary/aromatic N) is 1. The lowest BCUT2D eigenvalue weighted by atomic mass is 10.2. The van der Waals surface area contributed by atoms with Crippen molar-refractivity contribution in [1.82, 2.24) is 9.88 Å². The van der Waals surface area contributed by atoms with Crippen molar-refractivity contribution in [2.24, 2.45) is 0 Å². The van der Waals surface area contributed by atoms with Crippen molar-refractivity contribution in [2.45, 2.75) is 25.5 Å². The number of aliphatic carboxylic acids is 1. The third-order valence-corrected chi connectivity index (χ3v) is 3.13. The molecule has 6 nitrogen and oxygen atoms in total. The zero-order chi connectivity index (χ0) is 14.4. The average Bonchev–Trinajstić information content (AvgIpc) is 3.05. The molecule has 2 rings (SSSR count). The van der Waals surface area contributed by atoms with E-state index < -0.39 is 5.97 Å². The molecule has 1 aliphatic heterocycles. The highest BCUT2D eigenvalue weighted by Crippen LogP contribution is 2.10. The maximum Gasteiger partial charge on any atom is 0.328 e. The number of carboxylic acids is 1. The van der Waals surface area contributed by atoms with Gasteiger partial charge in [-0.3, -0.25) is 4.79 Å². The van der Waals surface area contributed by atoms with Crippen LogP contribution < -0.4 is 5.32 Å². The molecule has 1 fully saturated rings. The van der Waals surface area contributed by atoms with Crippen molar-refractivity contribution < 1.29 is 19.4 Å². The second-order valence-corrected chi connectivity index (χ2v) is 4.67. The minimum absolute atomic E-state index is 0.110. The zero-order valence-corrected chi connectivity index (χ0v) is 11.1. The summed E-state index contributed by atoms with van der Waals surface area (Å²) in [6, 6.07) is 3.53. The lowest BCUT2D eigenvalue weighted by molar-refractivity contribution is -0.131. The number of carbonyl (C=O) groups is 2. The molecule has 2 N–H and O–H groups in total. The summed E-state index contributed by atoms with van der Waals surface area (Å²) in [6.07, 6.45) is 6.41. The number of hydrogen-bond acceptors (Lipinski definition) is 3. The van der Waals surface area contributed by atoms with Crippen LogP contribution in [-0.2, 0) is 20.9 Å². The Bertz CT molecular complexity index is 501. The van der Waals surface area contributed by atoms with Gasteiger partial charge >= 0.3 is 5.97 Å². The molecule has 0 aromatic carbocycles. The van der Waals surface area contributed by atoms with Gasteiger partial charge in [0.2, 0.25) is 5.91 Å². The van der Waals surface area contributed by atoms with Gasteiger partial charge in [-0.2, -0.15) is 0 Å². The smallest absolute Gasteiger partial charge is 0.328 e. The summed E-state index contributed by atoms with van der Waals surface area (Å²) in [6.45, 7) is 1.46. The number of hydrogen-bond donors (Lipinski definition) is 2. The van der Waals surface area contributed by atoms with Crippen LogP contribution in [-0.4, -0.2) is 40.8 Å². The molecule has 108 valence electrons. The summed E-state index contributed by atoms with van der Waals surface area (Å²) in [5, 5.41) is 11.4. The Labute approximate surface area is 117 Å². The van der Waals surface area contributed by atoms with Crippen molar-refractivity contribution >= 4 is 18.0 Å². The van der Waals surface area contributed by atoms with E-state index in [4.69, 9.17) is 9.84 Å². The van der Waals surface area contributed by atoms with Crippen LogP contribution in [0, 0.1) is 0 Å². The van der Waals surface area contributed by atoms with Crippen molar-refractivity contribution in [3.63, 3.8) is 0 Å². The van der Waals surface area contributed by atoms with Crippen LogP contribution in [0.2, 0.25) is 0 Å². The number of carbonyl (C=O) groups excluding carboxylic acids is 1. The number of nitrogens with one attached hydrogen (secondary N) is 1. The minimum atomic E-state index is -1.01. The molecule has 0 spiro atoms. The molecule has 1 aromatic heterocycles. The molecule has 0 aliphatic carbocycles. The molecule has 20 heavy (non-hydrogen) atoms. The van der Waals surface area contributed by atoms with Gasteiger partial charge in [0.25, 0.3) is 0 Å². The maximum atomic E-state index is 11.8. The SMILES string of the molecule is O=C(O)/C=C/c1cccn1CC(=O)NCC1CCCO1. The Kier molecular flexibility index (Phi) is 4.95. The molecular weight excluding hydrogens is 260 g/mol. The van der Waals surface area contributed by atoms with Crippen LogP contribution in [0.1, 0.15) is 18.5 Å². The number of amides is 1. The summed E-state index contributed by atoms with van der Waals surface area (Å²) in [5.74, 6) is -1.12. The predicted molar refractivity (Wildman–Crippen MR) is 73.1 cm³/mol. The Balaban J connectivity index is 1.84. The lowest BCUT2D eigenvalue weighted by Crippen LogP contribution is -2.34. The van der Waals surface area contributed by atoms with Crippen LogP contribution in [0.5, 0.6) is 0 Å². The zero-order valence-electron chi connectivity index (χ0n) is 11.1. The van der Waals surface area contributed by atoms with Crippen molar-refractivity contribution in [3.05, 3.63) is 30.1 Å². The highest BCUT2D eigenvalue weighted by Gasteiger charge is 2.16. The number of ether oxygens (including phenoxy) is 1. The van der Waals surface area contributed by atoms with Gasteiger partial charge in [0.15, 0.2) is 0 Å². The van der Waals surface area contributed by atoms with E-state index in [2.05, 4.69) is 5.32 Å². The average molecular weight is 278 g/mol. The Hall–Kier alpha value is -2.08. The Morgan fingerprint density at radius 3 is 3.10 bits per heavy atom. The maximum absolute atomic E-state index is 11.8. The summed E-state index contributed by atoms with van der Waals surface area (Å²) in [5.41, 5.74) is 0.680. The standard InChI is InChI=1S/C14H18N2O4/c17-13(15-9-12-4-2-8-20-12)10-16-7-1-3-11(16)5-6-14(18)19/h1,3,5-7,12H,2,4,8-10H2,(H,15,17)(H,18,19)/b6-5+. The van der Waals surface area contributed by atoms with Gasteiger partial charge < -0.3 is 19.7 Å². The first kappa shape index (κ1) is 14.3. The molecule has 6 heteroatoms. The van der Waals surface area contributed by atoms with E-state index in [-0.39, 0.29) is 18.6 Å². The quantitative estimate of drug-likeness (QED) is 0.757. The van der Waals surface area contributed by atoms with E-state index in [0.29, 0.717) is 12.2 Å². The van der Waals surface area contributed by atoms with Gasteiger partial charge in [-0.15, -0.1) is 0 Å². The Morgan fingerprint density at radius 2 is 2.40 bits per heavy atom. The van der Waals surface area contributed by atoms with Crippen LogP contribution in [0.4, 0.5) is 0 Å². The topological polar surface area (TPSA) is 80.6 Å². The molecule has 1 aliphatic rings. The summed E-state index contributed by atoms with van der Waals surface area (Å²) in [7, 11) is 0. The second kappa shape index (κ2) is 6.91. The van der Waals surface area contributed by atoms with Gasteiger partial charge in [-0.1, -0.05) is 0 Å². The molecule has 1 saturated heterocycles. The van der Waals surface area contributed by atoms with E-state index in [0.717, 1.165) is 25.5 Å². The lowest BCUT2D eigenvalue weighted by Gasteiger charge is -2.11. The van der Waals surface area contributed by atoms with E-state index in [9.17, 15) is 9.59 Å². The van der Waals surface area contributed by atoms with Crippen LogP contribution >= 0.6 is 0 Å². The molecule has 0 bridgehead atoms. The summed E-state index contributed by atoms with van der Waals surface area (Å²) >= 11 is 0. The van der Waals surface area contributed by atoms with Crippen molar-refractivity contribution in [2.75, 3.05) is 13.2 Å². The molecule has 0 saturated carbocycles. The van der Waals surface area contributed by atoms with Crippen molar-refractivity contribution in [3.8, 4) is 0 Å². The fraction of sp³-hybridized carbons (Fsp3) is 0.429. The molecule has 1 atom stereocenters. The van der Waals surface area contributed by atoms with Gasteiger partial charge in [-0.05, 0) is 31.1 Å². The second-order valence-electron chi connectivity index (χ2n) is 4.67. The first-order chi connectivity index (χ1) is 9.65. The van der Waals surface area contributed by atoms with Gasteiger partial charge in [0, 0.05) is 31.1 Å². The van der Waals surface area contributed by atoms with Gasteiger partial charge in [0.1, 0.15) is 6.54 Å². The molecule has 0 radical (unpaired) electrons. The summed E-state index contributed by atoms with van der Waals surface area (Å²) in [4.78, 5) is 22.3. The van der Waals surface area contributed by atoms with Gasteiger partial charge in [0.05, 0.1) is 6.10 Å².